The molecule has 136 valence electrons. The second kappa shape index (κ2) is 8.47. The topological polar surface area (TPSA) is 87.3 Å². The molecule has 6 heteroatoms. The summed E-state index contributed by atoms with van der Waals surface area (Å²) in [5.74, 6) is -0.486. The Morgan fingerprint density at radius 2 is 1.50 bits per heavy atom. The number of nitrogens with one attached hydrogen (secondary N) is 3. The molecular weight excluding hydrogens is 330 g/mol. The van der Waals surface area contributed by atoms with Gasteiger partial charge in [-0.2, -0.15) is 0 Å². The van der Waals surface area contributed by atoms with Crippen LogP contribution in [-0.4, -0.2) is 36.9 Å². The largest absolute Gasteiger partial charge is 0.356 e. The van der Waals surface area contributed by atoms with Gasteiger partial charge in [0.2, 0.25) is 17.7 Å². The molecule has 2 aromatic rings. The first-order valence-electron chi connectivity index (χ1n) is 8.90. The van der Waals surface area contributed by atoms with E-state index in [0.717, 1.165) is 16.3 Å². The van der Waals surface area contributed by atoms with Crippen LogP contribution in [0.2, 0.25) is 0 Å². The summed E-state index contributed by atoms with van der Waals surface area (Å²) < 4.78 is 0. The molecule has 0 spiro atoms. The van der Waals surface area contributed by atoms with Crippen molar-refractivity contribution in [1.82, 2.24) is 16.0 Å². The van der Waals surface area contributed by atoms with Crippen LogP contribution < -0.4 is 16.0 Å². The third-order valence-electron chi connectivity index (χ3n) is 4.44. The summed E-state index contributed by atoms with van der Waals surface area (Å²) in [6, 6.07) is 14.0. The van der Waals surface area contributed by atoms with Crippen LogP contribution in [0, 0.1) is 0 Å². The average molecular weight is 353 g/mol. The van der Waals surface area contributed by atoms with Crippen molar-refractivity contribution in [2.75, 3.05) is 13.1 Å². The summed E-state index contributed by atoms with van der Waals surface area (Å²) in [5.41, 5.74) is 1.07. The molecule has 1 fully saturated rings. The first-order valence-corrected chi connectivity index (χ1v) is 8.90. The molecule has 0 aliphatic carbocycles. The molecule has 1 aliphatic rings. The van der Waals surface area contributed by atoms with E-state index in [-0.39, 0.29) is 43.0 Å². The van der Waals surface area contributed by atoms with Crippen LogP contribution in [-0.2, 0) is 20.8 Å². The fourth-order valence-electron chi connectivity index (χ4n) is 3.14. The molecule has 1 aliphatic heterocycles. The molecule has 3 amide bonds. The van der Waals surface area contributed by atoms with Crippen LogP contribution in [0.3, 0.4) is 0 Å². The van der Waals surface area contributed by atoms with Gasteiger partial charge in [0.1, 0.15) is 0 Å². The second-order valence-electron chi connectivity index (χ2n) is 6.55. The summed E-state index contributed by atoms with van der Waals surface area (Å²) in [6.45, 7) is 0.614. The van der Waals surface area contributed by atoms with E-state index in [0.29, 0.717) is 19.5 Å². The quantitative estimate of drug-likeness (QED) is 0.760. The molecule has 0 radical (unpaired) electrons. The van der Waals surface area contributed by atoms with E-state index < -0.39 is 0 Å². The molecule has 0 saturated carbocycles. The first-order chi connectivity index (χ1) is 12.6. The van der Waals surface area contributed by atoms with E-state index in [1.54, 1.807) is 0 Å². The van der Waals surface area contributed by atoms with Gasteiger partial charge in [-0.25, -0.2) is 0 Å². The van der Waals surface area contributed by atoms with Crippen molar-refractivity contribution in [1.29, 1.82) is 0 Å². The lowest BCUT2D eigenvalue weighted by atomic mass is 9.99. The highest BCUT2D eigenvalue weighted by Crippen LogP contribution is 2.17. The summed E-state index contributed by atoms with van der Waals surface area (Å²) in [4.78, 5) is 35.8. The Kier molecular flexibility index (Phi) is 5.84. The molecule has 1 atom stereocenters. The van der Waals surface area contributed by atoms with Crippen LogP contribution in [0.1, 0.15) is 24.8 Å². The predicted molar refractivity (Wildman–Crippen MR) is 99.5 cm³/mol. The highest BCUT2D eigenvalue weighted by Gasteiger charge is 2.18. The van der Waals surface area contributed by atoms with Crippen LogP contribution in [0.25, 0.3) is 10.8 Å². The minimum Gasteiger partial charge on any atom is -0.356 e. The molecule has 1 heterocycles. The number of benzene rings is 2. The van der Waals surface area contributed by atoms with E-state index in [2.05, 4.69) is 34.1 Å². The second-order valence-corrected chi connectivity index (χ2v) is 6.55. The van der Waals surface area contributed by atoms with Crippen LogP contribution in [0.15, 0.2) is 42.5 Å². The lowest BCUT2D eigenvalue weighted by molar-refractivity contribution is -0.124. The van der Waals surface area contributed by atoms with Crippen molar-refractivity contribution in [2.24, 2.45) is 0 Å². The summed E-state index contributed by atoms with van der Waals surface area (Å²) in [5, 5.41) is 10.6. The van der Waals surface area contributed by atoms with Gasteiger partial charge in [0.25, 0.3) is 0 Å². The first kappa shape index (κ1) is 17.9. The average Bonchev–Trinajstić information content (AvgIpc) is 2.60. The molecule has 0 aromatic heterocycles. The van der Waals surface area contributed by atoms with Gasteiger partial charge in [-0.1, -0.05) is 42.5 Å². The predicted octanol–water partition coefficient (Wildman–Crippen LogP) is 1.28. The molecule has 26 heavy (non-hydrogen) atoms. The molecule has 0 unspecified atom stereocenters. The van der Waals surface area contributed by atoms with Crippen molar-refractivity contribution in [3.05, 3.63) is 48.0 Å². The van der Waals surface area contributed by atoms with Crippen molar-refractivity contribution < 1.29 is 14.4 Å². The van der Waals surface area contributed by atoms with Crippen molar-refractivity contribution in [2.45, 2.75) is 31.7 Å². The van der Waals surface area contributed by atoms with E-state index in [1.165, 1.54) is 0 Å². The zero-order chi connectivity index (χ0) is 18.4. The highest BCUT2D eigenvalue weighted by atomic mass is 16.2. The van der Waals surface area contributed by atoms with Gasteiger partial charge in [-0.3, -0.25) is 14.4 Å². The SMILES string of the molecule is O=C1CCNC(=O)C[C@@H](Cc2ccc3ccccc3c2)NC(=O)CCN1. The van der Waals surface area contributed by atoms with Crippen molar-refractivity contribution in [3.63, 3.8) is 0 Å². The van der Waals surface area contributed by atoms with Gasteiger partial charge in [0, 0.05) is 38.4 Å². The van der Waals surface area contributed by atoms with Crippen LogP contribution >= 0.6 is 0 Å². The minimum absolute atomic E-state index is 0.161. The van der Waals surface area contributed by atoms with E-state index in [1.807, 2.05) is 24.3 Å². The van der Waals surface area contributed by atoms with E-state index in [9.17, 15) is 14.4 Å². The highest BCUT2D eigenvalue weighted by molar-refractivity contribution is 5.84. The fraction of sp³-hybridized carbons (Fsp3) is 0.350. The lowest BCUT2D eigenvalue weighted by Gasteiger charge is -2.20. The Balaban J connectivity index is 1.72. The van der Waals surface area contributed by atoms with Gasteiger partial charge in [0.05, 0.1) is 0 Å². The number of hydrogen-bond donors (Lipinski definition) is 3. The standard InChI is InChI=1S/C20H23N3O3/c24-18-7-9-22-20(26)13-17(23-19(25)8-10-21-18)12-14-5-6-15-3-1-2-4-16(15)11-14/h1-6,11,17H,7-10,12-13H2,(H,21,24)(H,22,26)(H,23,25)/t17-/m1/s1. The Morgan fingerprint density at radius 3 is 2.31 bits per heavy atom. The number of amides is 3. The molecule has 6 nitrogen and oxygen atoms in total. The molecule has 3 N–H and O–H groups in total. The van der Waals surface area contributed by atoms with Crippen molar-refractivity contribution >= 4 is 28.5 Å². The maximum absolute atomic E-state index is 12.1. The van der Waals surface area contributed by atoms with Gasteiger partial charge in [-0.05, 0) is 22.8 Å². The van der Waals surface area contributed by atoms with Gasteiger partial charge < -0.3 is 16.0 Å². The number of fused-ring (bicyclic) bond motifs is 1. The molecule has 2 aromatic carbocycles. The molecular formula is C20H23N3O3. The number of hydrogen-bond acceptors (Lipinski definition) is 3. The Bertz CT molecular complexity index is 793. The van der Waals surface area contributed by atoms with Crippen LogP contribution in [0.4, 0.5) is 0 Å². The normalized spacial score (nSPS) is 19.7. The lowest BCUT2D eigenvalue weighted by Crippen LogP contribution is -2.43. The van der Waals surface area contributed by atoms with E-state index in [4.69, 9.17) is 0 Å². The number of carbonyl (C=O) groups is 3. The minimum atomic E-state index is -0.279. The fourth-order valence-corrected chi connectivity index (χ4v) is 3.14. The monoisotopic (exact) mass is 353 g/mol. The zero-order valence-electron chi connectivity index (χ0n) is 14.6. The molecule has 0 bridgehead atoms. The summed E-state index contributed by atoms with van der Waals surface area (Å²) >= 11 is 0. The third-order valence-corrected chi connectivity index (χ3v) is 4.44. The zero-order valence-corrected chi connectivity index (χ0v) is 14.6. The van der Waals surface area contributed by atoms with Gasteiger partial charge >= 0.3 is 0 Å². The maximum atomic E-state index is 12.1. The van der Waals surface area contributed by atoms with Gasteiger partial charge in [0.15, 0.2) is 0 Å². The molecule has 3 rings (SSSR count). The van der Waals surface area contributed by atoms with Crippen LogP contribution in [0.5, 0.6) is 0 Å². The smallest absolute Gasteiger partial charge is 0.222 e. The van der Waals surface area contributed by atoms with Crippen molar-refractivity contribution in [3.8, 4) is 0 Å². The Labute approximate surface area is 152 Å². The van der Waals surface area contributed by atoms with Gasteiger partial charge in [-0.15, -0.1) is 0 Å². The molecule has 1 saturated heterocycles. The Hall–Kier alpha value is -2.89. The summed E-state index contributed by atoms with van der Waals surface area (Å²) in [6.07, 6.45) is 1.21. The number of rotatable bonds is 2. The summed E-state index contributed by atoms with van der Waals surface area (Å²) in [7, 11) is 0. The Morgan fingerprint density at radius 1 is 0.808 bits per heavy atom. The number of carbonyl (C=O) groups excluding carboxylic acids is 3. The third kappa shape index (κ3) is 5.05. The maximum Gasteiger partial charge on any atom is 0.222 e. The van der Waals surface area contributed by atoms with E-state index >= 15 is 0 Å².